The van der Waals surface area contributed by atoms with E-state index in [1.165, 1.54) is 6.20 Å². The number of hydrogen-bond acceptors (Lipinski definition) is 4. The van der Waals surface area contributed by atoms with Gasteiger partial charge in [0.1, 0.15) is 5.69 Å². The third-order valence-corrected chi connectivity index (χ3v) is 3.37. The molecule has 1 fully saturated rings. The van der Waals surface area contributed by atoms with E-state index in [2.05, 4.69) is 20.8 Å². The Kier molecular flexibility index (Phi) is 4.71. The van der Waals surface area contributed by atoms with Crippen molar-refractivity contribution in [1.29, 1.82) is 5.26 Å². The maximum Gasteiger partial charge on any atom is 0.271 e. The Morgan fingerprint density at radius 3 is 2.90 bits per heavy atom. The van der Waals surface area contributed by atoms with E-state index in [0.717, 1.165) is 25.7 Å². The summed E-state index contributed by atoms with van der Waals surface area (Å²) in [5.41, 5.74) is 0.602. The topological polar surface area (TPSA) is 111 Å². The molecule has 1 aromatic rings. The van der Waals surface area contributed by atoms with Crippen LogP contribution in [0.5, 0.6) is 0 Å². The van der Waals surface area contributed by atoms with Crippen molar-refractivity contribution >= 4 is 17.5 Å². The molecule has 1 saturated carbocycles. The number of nitriles is 1. The zero-order chi connectivity index (χ0) is 14.4. The lowest BCUT2D eigenvalue weighted by Crippen LogP contribution is -2.27. The molecule has 0 unspecified atom stereocenters. The van der Waals surface area contributed by atoms with E-state index < -0.39 is 0 Å². The van der Waals surface area contributed by atoms with Crippen LogP contribution in [0.3, 0.4) is 0 Å². The average Bonchev–Trinajstić information content (AvgIpc) is 3.09. The van der Waals surface area contributed by atoms with E-state index in [1.807, 2.05) is 6.07 Å². The normalized spacial score (nSPS) is 14.8. The molecule has 1 aliphatic carbocycles. The maximum atomic E-state index is 12.0. The lowest BCUT2D eigenvalue weighted by atomic mass is 10.1. The fourth-order valence-corrected chi connectivity index (χ4v) is 2.30. The highest BCUT2D eigenvalue weighted by molar-refractivity contribution is 6.02. The Hall–Kier alpha value is -2.36. The van der Waals surface area contributed by atoms with Crippen LogP contribution in [-0.4, -0.2) is 28.6 Å². The van der Waals surface area contributed by atoms with Gasteiger partial charge in [0.05, 0.1) is 24.4 Å². The van der Waals surface area contributed by atoms with Crippen molar-refractivity contribution in [3.8, 4) is 6.07 Å². The number of rotatable bonds is 5. The molecular formula is C13H17N5O2. The van der Waals surface area contributed by atoms with Crippen LogP contribution in [0.15, 0.2) is 6.20 Å². The van der Waals surface area contributed by atoms with Gasteiger partial charge in [-0.1, -0.05) is 12.8 Å². The monoisotopic (exact) mass is 275 g/mol. The number of nitrogens with zero attached hydrogens (tertiary/aromatic N) is 2. The van der Waals surface area contributed by atoms with Crippen LogP contribution in [-0.2, 0) is 4.79 Å². The maximum absolute atomic E-state index is 12.0. The summed E-state index contributed by atoms with van der Waals surface area (Å²) < 4.78 is 0. The van der Waals surface area contributed by atoms with Crippen LogP contribution in [0.2, 0.25) is 0 Å². The molecule has 0 radical (unpaired) electrons. The molecule has 2 amide bonds. The molecule has 0 spiro atoms. The lowest BCUT2D eigenvalue weighted by Gasteiger charge is -2.10. The molecule has 0 saturated heterocycles. The largest absolute Gasteiger partial charge is 0.350 e. The third kappa shape index (κ3) is 3.35. The summed E-state index contributed by atoms with van der Waals surface area (Å²) in [5, 5.41) is 20.1. The highest BCUT2D eigenvalue weighted by Gasteiger charge is 2.24. The number of anilines is 1. The molecule has 1 heterocycles. The molecular weight excluding hydrogens is 258 g/mol. The van der Waals surface area contributed by atoms with Crippen molar-refractivity contribution in [2.24, 2.45) is 5.92 Å². The number of H-pyrrole nitrogens is 1. The van der Waals surface area contributed by atoms with Gasteiger partial charge in [0.15, 0.2) is 0 Å². The van der Waals surface area contributed by atoms with Gasteiger partial charge in [0, 0.05) is 12.5 Å². The highest BCUT2D eigenvalue weighted by atomic mass is 16.2. The number of aromatic nitrogens is 2. The molecule has 1 aromatic heterocycles. The first kappa shape index (κ1) is 14.1. The van der Waals surface area contributed by atoms with E-state index in [4.69, 9.17) is 5.26 Å². The second kappa shape index (κ2) is 6.70. The Bertz CT molecular complexity index is 525. The molecule has 3 N–H and O–H groups in total. The van der Waals surface area contributed by atoms with Gasteiger partial charge in [-0.15, -0.1) is 0 Å². The average molecular weight is 275 g/mol. The van der Waals surface area contributed by atoms with Crippen molar-refractivity contribution in [1.82, 2.24) is 15.5 Å². The van der Waals surface area contributed by atoms with Gasteiger partial charge >= 0.3 is 0 Å². The Morgan fingerprint density at radius 1 is 1.45 bits per heavy atom. The Balaban J connectivity index is 1.95. The summed E-state index contributed by atoms with van der Waals surface area (Å²) in [6.07, 6.45) is 5.60. The first-order chi connectivity index (χ1) is 9.72. The van der Waals surface area contributed by atoms with Gasteiger partial charge in [-0.3, -0.25) is 14.7 Å². The number of carbonyl (C=O) groups is 2. The first-order valence-corrected chi connectivity index (χ1v) is 6.71. The Labute approximate surface area is 116 Å². The summed E-state index contributed by atoms with van der Waals surface area (Å²) in [7, 11) is 0. The van der Waals surface area contributed by atoms with Crippen LogP contribution < -0.4 is 10.6 Å². The molecule has 7 nitrogen and oxygen atoms in total. The van der Waals surface area contributed by atoms with Crippen LogP contribution in [0.1, 0.15) is 42.6 Å². The van der Waals surface area contributed by atoms with Crippen molar-refractivity contribution in [3.05, 3.63) is 11.9 Å². The smallest absolute Gasteiger partial charge is 0.271 e. The summed E-state index contributed by atoms with van der Waals surface area (Å²) in [4.78, 5) is 23.9. The molecule has 1 aliphatic rings. The summed E-state index contributed by atoms with van der Waals surface area (Å²) >= 11 is 0. The van der Waals surface area contributed by atoms with Gasteiger partial charge in [-0.2, -0.15) is 10.4 Å². The first-order valence-electron chi connectivity index (χ1n) is 6.71. The summed E-state index contributed by atoms with van der Waals surface area (Å²) in [6.45, 7) is 0.268. The number of hydrogen-bond donors (Lipinski definition) is 3. The fourth-order valence-electron chi connectivity index (χ4n) is 2.30. The van der Waals surface area contributed by atoms with Crippen molar-refractivity contribution in [2.75, 3.05) is 11.9 Å². The van der Waals surface area contributed by atoms with Crippen molar-refractivity contribution < 1.29 is 9.59 Å². The second-order valence-electron chi connectivity index (χ2n) is 4.79. The van der Waals surface area contributed by atoms with E-state index >= 15 is 0 Å². The van der Waals surface area contributed by atoms with Crippen LogP contribution in [0, 0.1) is 17.2 Å². The molecule has 7 heteroatoms. The van der Waals surface area contributed by atoms with Gasteiger partial charge in [0.25, 0.3) is 5.91 Å². The molecule has 0 aliphatic heterocycles. The van der Waals surface area contributed by atoms with E-state index in [9.17, 15) is 9.59 Å². The zero-order valence-corrected chi connectivity index (χ0v) is 11.1. The predicted octanol–water partition coefficient (Wildman–Crippen LogP) is 1.18. The zero-order valence-electron chi connectivity index (χ0n) is 11.1. The number of carbonyl (C=O) groups excluding carboxylic acids is 2. The van der Waals surface area contributed by atoms with Gasteiger partial charge in [-0.25, -0.2) is 0 Å². The molecule has 0 bridgehead atoms. The predicted molar refractivity (Wildman–Crippen MR) is 71.7 cm³/mol. The standard InChI is InChI=1S/C13H17N5O2/c14-6-3-7-15-13(20)11-10(8-16-18-11)17-12(19)9-4-1-2-5-9/h8-9H,1-5,7H2,(H,15,20)(H,16,18)(H,17,19). The second-order valence-corrected chi connectivity index (χ2v) is 4.79. The van der Waals surface area contributed by atoms with Gasteiger partial charge in [0.2, 0.25) is 5.91 Å². The quantitative estimate of drug-likeness (QED) is 0.701. The molecule has 106 valence electrons. The Morgan fingerprint density at radius 2 is 2.20 bits per heavy atom. The van der Waals surface area contributed by atoms with Gasteiger partial charge in [-0.05, 0) is 12.8 Å². The van der Waals surface area contributed by atoms with Gasteiger partial charge < -0.3 is 10.6 Å². The number of aromatic amines is 1. The molecule has 0 aromatic carbocycles. The van der Waals surface area contributed by atoms with Crippen molar-refractivity contribution in [3.63, 3.8) is 0 Å². The summed E-state index contributed by atoms with van der Waals surface area (Å²) in [5.74, 6) is -0.408. The molecule has 2 rings (SSSR count). The number of amides is 2. The van der Waals surface area contributed by atoms with E-state index in [1.54, 1.807) is 0 Å². The minimum atomic E-state index is -0.375. The van der Waals surface area contributed by atoms with Crippen molar-refractivity contribution in [2.45, 2.75) is 32.1 Å². The fraction of sp³-hybridized carbons (Fsp3) is 0.538. The molecule has 20 heavy (non-hydrogen) atoms. The highest BCUT2D eigenvalue weighted by Crippen LogP contribution is 2.26. The minimum absolute atomic E-state index is 0.0272. The van der Waals surface area contributed by atoms with E-state index in [-0.39, 0.29) is 36.4 Å². The summed E-state index contributed by atoms with van der Waals surface area (Å²) in [6, 6.07) is 1.94. The molecule has 0 atom stereocenters. The third-order valence-electron chi connectivity index (χ3n) is 3.37. The van der Waals surface area contributed by atoms with Crippen LogP contribution >= 0.6 is 0 Å². The van der Waals surface area contributed by atoms with E-state index in [0.29, 0.717) is 5.69 Å². The van der Waals surface area contributed by atoms with Crippen LogP contribution in [0.4, 0.5) is 5.69 Å². The minimum Gasteiger partial charge on any atom is -0.350 e. The number of nitrogens with one attached hydrogen (secondary N) is 3. The lowest BCUT2D eigenvalue weighted by molar-refractivity contribution is -0.119. The van der Waals surface area contributed by atoms with Crippen LogP contribution in [0.25, 0.3) is 0 Å². The SMILES string of the molecule is N#CCCNC(=O)c1[nH]ncc1NC(=O)C1CCCC1.